The highest BCUT2D eigenvalue weighted by molar-refractivity contribution is 5.94. The van der Waals surface area contributed by atoms with Gasteiger partial charge in [-0.2, -0.15) is 0 Å². The van der Waals surface area contributed by atoms with Gasteiger partial charge in [-0.3, -0.25) is 4.79 Å². The number of nitrogens with one attached hydrogen (secondary N) is 1. The molecule has 0 bridgehead atoms. The minimum absolute atomic E-state index is 0.0339. The van der Waals surface area contributed by atoms with E-state index in [9.17, 15) is 18.7 Å². The van der Waals surface area contributed by atoms with E-state index in [1.807, 2.05) is 0 Å². The first kappa shape index (κ1) is 17.7. The molecule has 1 amide bonds. The monoisotopic (exact) mass is 337 g/mol. The summed E-state index contributed by atoms with van der Waals surface area (Å²) in [5, 5.41) is 12.6. The molecule has 5 nitrogen and oxygen atoms in total. The average Bonchev–Trinajstić information content (AvgIpc) is 2.60. The number of aliphatic hydroxyl groups excluding tert-OH is 1. The molecule has 2 aromatic rings. The molecule has 0 aromatic heterocycles. The van der Waals surface area contributed by atoms with Crippen LogP contribution in [-0.4, -0.2) is 31.8 Å². The van der Waals surface area contributed by atoms with E-state index in [0.717, 1.165) is 18.2 Å². The standard InChI is InChI=1S/C17H17F2NO4/c1-23-15-6-4-10(8-16(15)24-2)14(21)9-20-17(22)11-3-5-12(18)13(19)7-11/h3-8,14,21H,9H2,1-2H3,(H,20,22)/t14-/m1/s1. The molecule has 1 atom stereocenters. The third-order valence-electron chi connectivity index (χ3n) is 3.43. The highest BCUT2D eigenvalue weighted by Gasteiger charge is 2.14. The Morgan fingerprint density at radius 2 is 1.79 bits per heavy atom. The van der Waals surface area contributed by atoms with Crippen molar-refractivity contribution in [2.75, 3.05) is 20.8 Å². The van der Waals surface area contributed by atoms with E-state index >= 15 is 0 Å². The van der Waals surface area contributed by atoms with Gasteiger partial charge in [0.05, 0.1) is 20.3 Å². The summed E-state index contributed by atoms with van der Waals surface area (Å²) in [7, 11) is 2.97. The van der Waals surface area contributed by atoms with Crippen LogP contribution in [0, 0.1) is 11.6 Å². The van der Waals surface area contributed by atoms with Gasteiger partial charge < -0.3 is 19.9 Å². The third-order valence-corrected chi connectivity index (χ3v) is 3.43. The molecule has 0 fully saturated rings. The maximum Gasteiger partial charge on any atom is 0.251 e. The lowest BCUT2D eigenvalue weighted by Gasteiger charge is -2.15. The van der Waals surface area contributed by atoms with Crippen molar-refractivity contribution in [2.24, 2.45) is 0 Å². The van der Waals surface area contributed by atoms with Gasteiger partial charge in [0.1, 0.15) is 0 Å². The van der Waals surface area contributed by atoms with E-state index in [1.165, 1.54) is 14.2 Å². The normalized spacial score (nSPS) is 11.7. The van der Waals surface area contributed by atoms with Crippen LogP contribution in [0.25, 0.3) is 0 Å². The zero-order chi connectivity index (χ0) is 17.7. The number of halogens is 2. The van der Waals surface area contributed by atoms with Gasteiger partial charge in [0.2, 0.25) is 0 Å². The van der Waals surface area contributed by atoms with Gasteiger partial charge in [-0.15, -0.1) is 0 Å². The van der Waals surface area contributed by atoms with Crippen molar-refractivity contribution in [1.82, 2.24) is 5.32 Å². The molecule has 0 unspecified atom stereocenters. The van der Waals surface area contributed by atoms with Gasteiger partial charge >= 0.3 is 0 Å². The number of rotatable bonds is 6. The van der Waals surface area contributed by atoms with Crippen LogP contribution in [0.3, 0.4) is 0 Å². The lowest BCUT2D eigenvalue weighted by atomic mass is 10.1. The lowest BCUT2D eigenvalue weighted by Crippen LogP contribution is -2.28. The largest absolute Gasteiger partial charge is 0.493 e. The Morgan fingerprint density at radius 1 is 1.08 bits per heavy atom. The second kappa shape index (κ2) is 7.74. The Morgan fingerprint density at radius 3 is 2.42 bits per heavy atom. The Kier molecular flexibility index (Phi) is 5.70. The minimum Gasteiger partial charge on any atom is -0.493 e. The Balaban J connectivity index is 2.03. The number of hydrogen-bond donors (Lipinski definition) is 2. The molecule has 2 rings (SSSR count). The van der Waals surface area contributed by atoms with Crippen molar-refractivity contribution >= 4 is 5.91 Å². The lowest BCUT2D eigenvalue weighted by molar-refractivity contribution is 0.0915. The Hall–Kier alpha value is -2.67. The van der Waals surface area contributed by atoms with E-state index in [2.05, 4.69) is 5.32 Å². The predicted molar refractivity (Wildman–Crippen MR) is 83.2 cm³/mol. The van der Waals surface area contributed by atoms with Crippen molar-refractivity contribution in [2.45, 2.75) is 6.10 Å². The van der Waals surface area contributed by atoms with Crippen LogP contribution in [0.2, 0.25) is 0 Å². The molecular weight excluding hydrogens is 320 g/mol. The molecule has 0 heterocycles. The van der Waals surface area contributed by atoms with Crippen molar-refractivity contribution in [3.8, 4) is 11.5 Å². The van der Waals surface area contributed by atoms with Crippen molar-refractivity contribution in [3.63, 3.8) is 0 Å². The maximum absolute atomic E-state index is 13.1. The van der Waals surface area contributed by atoms with Crippen LogP contribution in [0.1, 0.15) is 22.0 Å². The zero-order valence-electron chi connectivity index (χ0n) is 13.2. The summed E-state index contributed by atoms with van der Waals surface area (Å²) in [5.74, 6) is -1.80. The number of amides is 1. The smallest absolute Gasteiger partial charge is 0.251 e. The second-order valence-corrected chi connectivity index (χ2v) is 4.97. The number of benzene rings is 2. The van der Waals surface area contributed by atoms with Crippen LogP contribution in [0.5, 0.6) is 11.5 Å². The summed E-state index contributed by atoms with van der Waals surface area (Å²) < 4.78 is 36.2. The topological polar surface area (TPSA) is 67.8 Å². The first-order valence-corrected chi connectivity index (χ1v) is 7.09. The second-order valence-electron chi connectivity index (χ2n) is 4.97. The molecule has 24 heavy (non-hydrogen) atoms. The summed E-state index contributed by atoms with van der Waals surface area (Å²) in [5.41, 5.74) is 0.478. The molecule has 0 radical (unpaired) electrons. The number of aliphatic hydroxyl groups is 1. The van der Waals surface area contributed by atoms with Crippen molar-refractivity contribution < 1.29 is 28.2 Å². The molecule has 0 saturated heterocycles. The first-order valence-electron chi connectivity index (χ1n) is 7.09. The molecule has 0 spiro atoms. The summed E-state index contributed by atoms with van der Waals surface area (Å²) in [4.78, 5) is 11.9. The summed E-state index contributed by atoms with van der Waals surface area (Å²) in [6, 6.07) is 7.69. The van der Waals surface area contributed by atoms with E-state index in [4.69, 9.17) is 9.47 Å². The third kappa shape index (κ3) is 3.99. The van der Waals surface area contributed by atoms with Gasteiger partial charge in [0.25, 0.3) is 5.91 Å². The molecule has 0 aliphatic rings. The van der Waals surface area contributed by atoms with Crippen LogP contribution in [-0.2, 0) is 0 Å². The zero-order valence-corrected chi connectivity index (χ0v) is 13.2. The highest BCUT2D eigenvalue weighted by atomic mass is 19.2. The molecule has 128 valence electrons. The summed E-state index contributed by atoms with van der Waals surface area (Å²) in [6.07, 6.45) is -1.00. The Bertz CT molecular complexity index is 737. The van der Waals surface area contributed by atoms with E-state index in [1.54, 1.807) is 18.2 Å². The average molecular weight is 337 g/mol. The van der Waals surface area contributed by atoms with Crippen LogP contribution in [0.4, 0.5) is 8.78 Å². The quantitative estimate of drug-likeness (QED) is 0.850. The van der Waals surface area contributed by atoms with Crippen LogP contribution < -0.4 is 14.8 Å². The number of hydrogen-bond acceptors (Lipinski definition) is 4. The van der Waals surface area contributed by atoms with E-state index in [-0.39, 0.29) is 12.1 Å². The maximum atomic E-state index is 13.1. The fourth-order valence-electron chi connectivity index (χ4n) is 2.11. The molecular formula is C17H17F2NO4. The minimum atomic E-state index is -1.11. The van der Waals surface area contributed by atoms with E-state index < -0.39 is 23.6 Å². The van der Waals surface area contributed by atoms with Gasteiger partial charge in [0, 0.05) is 12.1 Å². The fourth-order valence-corrected chi connectivity index (χ4v) is 2.11. The molecule has 2 aromatic carbocycles. The molecule has 0 aliphatic heterocycles. The number of methoxy groups -OCH3 is 2. The number of carbonyl (C=O) groups excluding carboxylic acids is 1. The molecule has 2 N–H and O–H groups in total. The van der Waals surface area contributed by atoms with Crippen LogP contribution in [0.15, 0.2) is 36.4 Å². The van der Waals surface area contributed by atoms with E-state index in [0.29, 0.717) is 17.1 Å². The SMILES string of the molecule is COc1ccc([C@H](O)CNC(=O)c2ccc(F)c(F)c2)cc1OC. The Labute approximate surface area is 137 Å². The highest BCUT2D eigenvalue weighted by Crippen LogP contribution is 2.29. The first-order chi connectivity index (χ1) is 11.5. The fraction of sp³-hybridized carbons (Fsp3) is 0.235. The van der Waals surface area contributed by atoms with Gasteiger partial charge in [-0.05, 0) is 35.9 Å². The number of carbonyl (C=O) groups is 1. The van der Waals surface area contributed by atoms with Crippen molar-refractivity contribution in [1.29, 1.82) is 0 Å². The molecule has 7 heteroatoms. The number of ether oxygens (including phenoxy) is 2. The van der Waals surface area contributed by atoms with Gasteiger partial charge in [0.15, 0.2) is 23.1 Å². The summed E-state index contributed by atoms with van der Waals surface area (Å²) >= 11 is 0. The predicted octanol–water partition coefficient (Wildman–Crippen LogP) is 2.45. The van der Waals surface area contributed by atoms with Crippen molar-refractivity contribution in [3.05, 3.63) is 59.2 Å². The molecule has 0 saturated carbocycles. The van der Waals surface area contributed by atoms with Gasteiger partial charge in [-0.25, -0.2) is 8.78 Å². The molecule has 0 aliphatic carbocycles. The summed E-state index contributed by atoms with van der Waals surface area (Å²) in [6.45, 7) is -0.104. The van der Waals surface area contributed by atoms with Crippen LogP contribution >= 0.6 is 0 Å². The van der Waals surface area contributed by atoms with Gasteiger partial charge in [-0.1, -0.05) is 6.07 Å².